The molecule has 0 bridgehead atoms. The lowest BCUT2D eigenvalue weighted by atomic mass is 10.0. The fourth-order valence-corrected chi connectivity index (χ4v) is 3.86. The largest absolute Gasteiger partial charge is 0.469 e. The highest BCUT2D eigenvalue weighted by Gasteiger charge is 2.25. The number of Topliss-reactive ketones (excluding diaryl/α,β-unsaturated/α-hetero) is 1. The Bertz CT molecular complexity index is 788. The Balaban J connectivity index is 1.85. The lowest BCUT2D eigenvalue weighted by molar-refractivity contribution is -0.140. The molecule has 0 N–H and O–H groups in total. The summed E-state index contributed by atoms with van der Waals surface area (Å²) in [6.07, 6.45) is 1.73. The van der Waals surface area contributed by atoms with Crippen molar-refractivity contribution >= 4 is 28.9 Å². The molecule has 4 nitrogen and oxygen atoms in total. The van der Waals surface area contributed by atoms with Gasteiger partial charge < -0.3 is 4.74 Å². The van der Waals surface area contributed by atoms with Gasteiger partial charge in [0.15, 0.2) is 11.6 Å². The zero-order chi connectivity index (χ0) is 16.4. The number of carbonyl (C=O) groups excluding carboxylic acids is 3. The van der Waals surface area contributed by atoms with Gasteiger partial charge in [0.25, 0.3) is 0 Å². The van der Waals surface area contributed by atoms with Crippen molar-refractivity contribution in [1.29, 1.82) is 0 Å². The van der Waals surface area contributed by atoms with Gasteiger partial charge in [0, 0.05) is 22.4 Å². The number of methoxy groups -OCH3 is 1. The van der Waals surface area contributed by atoms with Gasteiger partial charge in [0.2, 0.25) is 0 Å². The summed E-state index contributed by atoms with van der Waals surface area (Å²) in [5, 5.41) is 0. The number of hydrogen-bond acceptors (Lipinski definition) is 5. The number of ketones is 2. The number of carbonyl (C=O) groups is 3. The third-order valence-corrected chi connectivity index (χ3v) is 5.23. The maximum atomic E-state index is 12.7. The van der Waals surface area contributed by atoms with Crippen molar-refractivity contribution in [3.05, 3.63) is 56.8 Å². The number of esters is 1. The fourth-order valence-electron chi connectivity index (χ4n) is 2.74. The van der Waals surface area contributed by atoms with Crippen LogP contribution in [0.25, 0.3) is 0 Å². The summed E-state index contributed by atoms with van der Waals surface area (Å²) in [6, 6.07) is 9.29. The lowest BCUT2D eigenvalue weighted by Crippen LogP contribution is -2.05. The molecule has 1 heterocycles. The molecule has 1 aliphatic carbocycles. The topological polar surface area (TPSA) is 60.4 Å². The Kier molecular flexibility index (Phi) is 4.39. The van der Waals surface area contributed by atoms with Crippen LogP contribution in [0.1, 0.15) is 48.9 Å². The predicted molar refractivity (Wildman–Crippen MR) is 87.2 cm³/mol. The summed E-state index contributed by atoms with van der Waals surface area (Å²) in [5.41, 5.74) is 2.40. The van der Waals surface area contributed by atoms with Gasteiger partial charge in [-0.05, 0) is 24.5 Å². The zero-order valence-electron chi connectivity index (χ0n) is 12.8. The monoisotopic (exact) mass is 328 g/mol. The first-order chi connectivity index (χ1) is 11.1. The highest BCUT2D eigenvalue weighted by Crippen LogP contribution is 2.31. The smallest absolute Gasteiger partial charge is 0.305 e. The van der Waals surface area contributed by atoms with Gasteiger partial charge >= 0.3 is 5.97 Å². The van der Waals surface area contributed by atoms with E-state index < -0.39 is 5.97 Å². The molecule has 118 valence electrons. The van der Waals surface area contributed by atoms with Gasteiger partial charge in [-0.25, -0.2) is 0 Å². The molecule has 1 aromatic carbocycles. The molecule has 1 aromatic heterocycles. The van der Waals surface area contributed by atoms with E-state index in [9.17, 15) is 14.4 Å². The van der Waals surface area contributed by atoms with Gasteiger partial charge in [0.1, 0.15) is 0 Å². The van der Waals surface area contributed by atoms with Gasteiger partial charge in [-0.1, -0.05) is 24.3 Å². The molecule has 5 heteroatoms. The average molecular weight is 328 g/mol. The van der Waals surface area contributed by atoms with Crippen LogP contribution in [0.4, 0.5) is 0 Å². The second-order valence-corrected chi connectivity index (χ2v) is 6.57. The molecule has 0 radical (unpaired) electrons. The minimum atomic E-state index is -0.401. The van der Waals surface area contributed by atoms with Crippen molar-refractivity contribution in [1.82, 2.24) is 0 Å². The zero-order valence-corrected chi connectivity index (χ0v) is 13.6. The SMILES string of the molecule is COC(=O)CCC(=O)c1cc2c(s1)CCc1ccccc1C2=O. The van der Waals surface area contributed by atoms with Gasteiger partial charge in [-0.15, -0.1) is 11.3 Å². The molecular weight excluding hydrogens is 312 g/mol. The number of ether oxygens (including phenoxy) is 1. The Morgan fingerprint density at radius 3 is 2.70 bits per heavy atom. The van der Waals surface area contributed by atoms with Gasteiger partial charge in [-0.2, -0.15) is 0 Å². The number of fused-ring (bicyclic) bond motifs is 2. The van der Waals surface area contributed by atoms with E-state index in [0.29, 0.717) is 10.4 Å². The second kappa shape index (κ2) is 6.46. The van der Waals surface area contributed by atoms with E-state index in [1.165, 1.54) is 18.4 Å². The van der Waals surface area contributed by atoms with Crippen LogP contribution in [-0.4, -0.2) is 24.6 Å². The van der Waals surface area contributed by atoms with Crippen LogP contribution in [0.15, 0.2) is 30.3 Å². The van der Waals surface area contributed by atoms with E-state index >= 15 is 0 Å². The van der Waals surface area contributed by atoms with Crippen LogP contribution in [0, 0.1) is 0 Å². The van der Waals surface area contributed by atoms with Crippen LogP contribution in [0.2, 0.25) is 0 Å². The Hall–Kier alpha value is -2.27. The first-order valence-corrected chi connectivity index (χ1v) is 8.27. The highest BCUT2D eigenvalue weighted by molar-refractivity contribution is 7.14. The van der Waals surface area contributed by atoms with Crippen LogP contribution in [-0.2, 0) is 22.4 Å². The minimum absolute atomic E-state index is 0.0173. The summed E-state index contributed by atoms with van der Waals surface area (Å²) < 4.78 is 4.55. The maximum absolute atomic E-state index is 12.7. The number of rotatable bonds is 4. The highest BCUT2D eigenvalue weighted by atomic mass is 32.1. The third kappa shape index (κ3) is 3.10. The minimum Gasteiger partial charge on any atom is -0.469 e. The molecular formula is C18H16O4S. The van der Waals surface area contributed by atoms with Crippen molar-refractivity contribution in [2.24, 2.45) is 0 Å². The molecule has 0 unspecified atom stereocenters. The van der Waals surface area contributed by atoms with Crippen LogP contribution >= 0.6 is 11.3 Å². The van der Waals surface area contributed by atoms with Gasteiger partial charge in [-0.3, -0.25) is 14.4 Å². The summed E-state index contributed by atoms with van der Waals surface area (Å²) in [5.74, 6) is -0.535. The van der Waals surface area contributed by atoms with E-state index in [1.807, 2.05) is 24.3 Å². The Morgan fingerprint density at radius 2 is 1.91 bits per heavy atom. The molecule has 0 saturated heterocycles. The van der Waals surface area contributed by atoms with E-state index in [2.05, 4.69) is 4.74 Å². The maximum Gasteiger partial charge on any atom is 0.305 e. The molecule has 0 saturated carbocycles. The first kappa shape index (κ1) is 15.6. The second-order valence-electron chi connectivity index (χ2n) is 5.43. The molecule has 0 amide bonds. The molecule has 1 aliphatic rings. The molecule has 0 aliphatic heterocycles. The van der Waals surface area contributed by atoms with E-state index in [0.717, 1.165) is 28.8 Å². The van der Waals surface area contributed by atoms with Crippen LogP contribution < -0.4 is 0 Å². The van der Waals surface area contributed by atoms with E-state index in [-0.39, 0.29) is 24.4 Å². The molecule has 2 aromatic rings. The van der Waals surface area contributed by atoms with E-state index in [1.54, 1.807) is 6.07 Å². The van der Waals surface area contributed by atoms with E-state index in [4.69, 9.17) is 0 Å². The molecule has 3 rings (SSSR count). The van der Waals surface area contributed by atoms with Crippen LogP contribution in [0.3, 0.4) is 0 Å². The summed E-state index contributed by atoms with van der Waals surface area (Å²) in [4.78, 5) is 37.6. The molecule has 0 atom stereocenters. The number of hydrogen-bond donors (Lipinski definition) is 0. The first-order valence-electron chi connectivity index (χ1n) is 7.45. The van der Waals surface area contributed by atoms with Crippen LogP contribution in [0.5, 0.6) is 0 Å². The molecule has 23 heavy (non-hydrogen) atoms. The van der Waals surface area contributed by atoms with Gasteiger partial charge in [0.05, 0.1) is 18.4 Å². The summed E-state index contributed by atoms with van der Waals surface area (Å²) in [6.45, 7) is 0. The fraction of sp³-hybridized carbons (Fsp3) is 0.278. The quantitative estimate of drug-likeness (QED) is 0.639. The average Bonchev–Trinajstić information content (AvgIpc) is 2.96. The number of thiophene rings is 1. The summed E-state index contributed by atoms with van der Waals surface area (Å²) in [7, 11) is 1.30. The Morgan fingerprint density at radius 1 is 1.13 bits per heavy atom. The Labute approximate surface area is 138 Å². The van der Waals surface area contributed by atoms with Crippen molar-refractivity contribution in [2.75, 3.05) is 7.11 Å². The standard InChI is InChI=1S/C18H16O4S/c1-22-17(20)9-7-14(19)16-10-13-15(23-16)8-6-11-4-2-3-5-12(11)18(13)21/h2-5,10H,6-9H2,1H3. The lowest BCUT2D eigenvalue weighted by Gasteiger charge is -2.03. The van der Waals surface area contributed by atoms with Crippen molar-refractivity contribution < 1.29 is 19.1 Å². The van der Waals surface area contributed by atoms with Crippen molar-refractivity contribution in [3.8, 4) is 0 Å². The number of benzene rings is 1. The van der Waals surface area contributed by atoms with Crippen molar-refractivity contribution in [3.63, 3.8) is 0 Å². The predicted octanol–water partition coefficient (Wildman–Crippen LogP) is 3.21. The molecule has 0 spiro atoms. The normalized spacial score (nSPS) is 13.0. The number of aryl methyl sites for hydroxylation is 2. The molecule has 0 fully saturated rings. The van der Waals surface area contributed by atoms with Crippen molar-refractivity contribution in [2.45, 2.75) is 25.7 Å². The summed E-state index contributed by atoms with van der Waals surface area (Å²) >= 11 is 1.37. The third-order valence-electron chi connectivity index (χ3n) is 4.00.